The molecule has 7 N–H and O–H groups in total. The number of rotatable bonds is 5. The fourth-order valence-electron chi connectivity index (χ4n) is 3.92. The van der Waals surface area contributed by atoms with Gasteiger partial charge in [-0.05, 0) is 24.6 Å². The molecule has 0 bridgehead atoms. The first-order valence-electron chi connectivity index (χ1n) is 10.0. The molecule has 0 spiro atoms. The summed E-state index contributed by atoms with van der Waals surface area (Å²) in [5.41, 5.74) is -0.166. The summed E-state index contributed by atoms with van der Waals surface area (Å²) in [5, 5.41) is 68.5. The third kappa shape index (κ3) is 4.10. The van der Waals surface area contributed by atoms with Crippen LogP contribution < -0.4 is 9.62 Å². The van der Waals surface area contributed by atoms with E-state index in [0.717, 1.165) is 24.3 Å². The van der Waals surface area contributed by atoms with Gasteiger partial charge in [-0.2, -0.15) is 0 Å². The average Bonchev–Trinajstić information content (AvgIpc) is 2.80. The van der Waals surface area contributed by atoms with Crippen molar-refractivity contribution in [3.05, 3.63) is 41.5 Å². The van der Waals surface area contributed by atoms with Crippen LogP contribution in [-0.2, 0) is 14.4 Å². The molecule has 13 heteroatoms. The van der Waals surface area contributed by atoms with E-state index in [4.69, 9.17) is 24.7 Å². The predicted molar refractivity (Wildman–Crippen MR) is 108 cm³/mol. The summed E-state index contributed by atoms with van der Waals surface area (Å²) < 4.78 is 17.0. The lowest BCUT2D eigenvalue weighted by molar-refractivity contribution is -0.377. The molecular formula is C21H22O13. The van der Waals surface area contributed by atoms with Crippen molar-refractivity contribution in [1.29, 1.82) is 0 Å². The Morgan fingerprint density at radius 2 is 1.68 bits per heavy atom. The van der Waals surface area contributed by atoms with E-state index in [9.17, 15) is 30.3 Å². The Labute approximate surface area is 191 Å². The zero-order chi connectivity index (χ0) is 24.7. The van der Waals surface area contributed by atoms with E-state index < -0.39 is 65.9 Å². The molecule has 0 radical (unpaired) electrons. The molecule has 0 saturated carbocycles. The molecule has 2 heterocycles. The van der Waals surface area contributed by atoms with E-state index in [0.29, 0.717) is 0 Å². The van der Waals surface area contributed by atoms with E-state index in [1.807, 2.05) is 0 Å². The summed E-state index contributed by atoms with van der Waals surface area (Å²) in [6.07, 6.45) is -10.1. The normalized spacial score (nSPS) is 31.0. The molecule has 0 aliphatic carbocycles. The monoisotopic (exact) mass is 482 g/mol. The van der Waals surface area contributed by atoms with Crippen molar-refractivity contribution in [2.24, 2.45) is 0 Å². The number of benzene rings is 2. The highest BCUT2D eigenvalue weighted by atomic mass is 17.1. The fourth-order valence-corrected chi connectivity index (χ4v) is 3.92. The molecule has 0 amide bonds. The number of phenolic OH excluding ortho intramolecular Hbond substituents is 3. The standard InChI is InChI=1S/C21H22O13/c1-7-15(25)19(34-29)17(27)21(30-7)32-20-16(26)14-12(24)5-9(33-28)6-13(14)31-18(20)8-2-3-10(22)11(23)4-8/h2-7,15,17-25,27-29H,1H3. The molecule has 7 atom stereocenters. The van der Waals surface area contributed by atoms with Crippen LogP contribution in [0.25, 0.3) is 0 Å². The molecular weight excluding hydrogens is 460 g/mol. The molecule has 1 fully saturated rings. The van der Waals surface area contributed by atoms with Gasteiger partial charge in [0.05, 0.1) is 6.10 Å². The van der Waals surface area contributed by atoms with Crippen LogP contribution in [0, 0.1) is 0 Å². The lowest BCUT2D eigenvalue weighted by Crippen LogP contribution is -2.59. The van der Waals surface area contributed by atoms with Crippen molar-refractivity contribution in [2.45, 2.75) is 49.8 Å². The summed E-state index contributed by atoms with van der Waals surface area (Å²) in [4.78, 5) is 21.7. The highest BCUT2D eigenvalue weighted by Crippen LogP contribution is 2.44. The van der Waals surface area contributed by atoms with Gasteiger partial charge in [0.15, 0.2) is 41.9 Å². The summed E-state index contributed by atoms with van der Waals surface area (Å²) in [5.74, 6) is -2.79. The first-order valence-corrected chi connectivity index (χ1v) is 10.0. The van der Waals surface area contributed by atoms with Gasteiger partial charge in [-0.25, -0.2) is 10.1 Å². The highest BCUT2D eigenvalue weighted by Gasteiger charge is 2.49. The Morgan fingerprint density at radius 3 is 2.32 bits per heavy atom. The smallest absolute Gasteiger partial charge is 0.203 e. The molecule has 4 rings (SSSR count). The molecule has 2 aromatic rings. The second kappa shape index (κ2) is 9.23. The second-order valence-electron chi connectivity index (χ2n) is 7.88. The Bertz CT molecular complexity index is 1070. The van der Waals surface area contributed by atoms with Gasteiger partial charge in [0.1, 0.15) is 29.3 Å². The van der Waals surface area contributed by atoms with E-state index in [-0.39, 0.29) is 22.6 Å². The summed E-state index contributed by atoms with van der Waals surface area (Å²) >= 11 is 0. The van der Waals surface area contributed by atoms with E-state index in [1.54, 1.807) is 0 Å². The topological polar surface area (TPSA) is 205 Å². The molecule has 2 aliphatic heterocycles. The van der Waals surface area contributed by atoms with Gasteiger partial charge < -0.3 is 44.6 Å². The number of aliphatic hydroxyl groups excluding tert-OH is 2. The Morgan fingerprint density at radius 1 is 0.941 bits per heavy atom. The van der Waals surface area contributed by atoms with Gasteiger partial charge in [0.25, 0.3) is 0 Å². The molecule has 13 nitrogen and oxygen atoms in total. The quantitative estimate of drug-likeness (QED) is 0.178. The number of Topliss-reactive ketones (excluding diaryl/α,β-unsaturated/α-hetero) is 1. The Balaban J connectivity index is 1.76. The number of phenols is 3. The minimum absolute atomic E-state index is 0.155. The third-order valence-corrected chi connectivity index (χ3v) is 5.71. The van der Waals surface area contributed by atoms with Crippen molar-refractivity contribution in [3.63, 3.8) is 0 Å². The number of aromatic hydroxyl groups is 3. The highest BCUT2D eigenvalue weighted by molar-refractivity contribution is 6.05. The number of fused-ring (bicyclic) bond motifs is 1. The van der Waals surface area contributed by atoms with Gasteiger partial charge in [-0.3, -0.25) is 10.1 Å². The summed E-state index contributed by atoms with van der Waals surface area (Å²) in [6, 6.07) is 5.70. The van der Waals surface area contributed by atoms with E-state index in [1.165, 1.54) is 13.0 Å². The van der Waals surface area contributed by atoms with Crippen molar-refractivity contribution in [2.75, 3.05) is 0 Å². The molecule has 34 heavy (non-hydrogen) atoms. The van der Waals surface area contributed by atoms with Crippen LogP contribution in [0.5, 0.6) is 28.7 Å². The minimum Gasteiger partial charge on any atom is -0.507 e. The van der Waals surface area contributed by atoms with Crippen molar-refractivity contribution < 1.29 is 64.8 Å². The first kappa shape index (κ1) is 24.0. The maximum Gasteiger partial charge on any atom is 0.203 e. The average molecular weight is 482 g/mol. The van der Waals surface area contributed by atoms with Gasteiger partial charge in [-0.1, -0.05) is 6.07 Å². The van der Waals surface area contributed by atoms with E-state index in [2.05, 4.69) is 9.78 Å². The van der Waals surface area contributed by atoms with Crippen LogP contribution >= 0.6 is 0 Å². The zero-order valence-corrected chi connectivity index (χ0v) is 17.5. The molecule has 184 valence electrons. The van der Waals surface area contributed by atoms with Crippen LogP contribution in [0.3, 0.4) is 0 Å². The number of ether oxygens (including phenoxy) is 3. The van der Waals surface area contributed by atoms with Gasteiger partial charge in [0.2, 0.25) is 5.78 Å². The molecule has 2 aromatic carbocycles. The molecule has 1 saturated heterocycles. The fraction of sp³-hybridized carbons (Fsp3) is 0.381. The van der Waals surface area contributed by atoms with Gasteiger partial charge in [-0.15, -0.1) is 0 Å². The van der Waals surface area contributed by atoms with Gasteiger partial charge >= 0.3 is 0 Å². The number of hydrogen-bond donors (Lipinski definition) is 7. The van der Waals surface area contributed by atoms with Crippen LogP contribution in [0.1, 0.15) is 28.9 Å². The number of ketones is 1. The maximum atomic E-state index is 13.4. The molecule has 2 aliphatic rings. The predicted octanol–water partition coefficient (Wildman–Crippen LogP) is 0.682. The van der Waals surface area contributed by atoms with Gasteiger partial charge in [0, 0.05) is 12.1 Å². The number of carbonyl (C=O) groups is 1. The molecule has 0 aromatic heterocycles. The van der Waals surface area contributed by atoms with Crippen molar-refractivity contribution >= 4 is 5.78 Å². The minimum atomic E-state index is -1.74. The summed E-state index contributed by atoms with van der Waals surface area (Å²) in [6.45, 7) is 1.42. The van der Waals surface area contributed by atoms with Crippen LogP contribution in [0.4, 0.5) is 0 Å². The van der Waals surface area contributed by atoms with Crippen LogP contribution in [0.15, 0.2) is 30.3 Å². The van der Waals surface area contributed by atoms with Crippen molar-refractivity contribution in [3.8, 4) is 28.7 Å². The zero-order valence-electron chi connectivity index (χ0n) is 17.5. The van der Waals surface area contributed by atoms with Crippen LogP contribution in [0.2, 0.25) is 0 Å². The maximum absolute atomic E-state index is 13.4. The Kier molecular flexibility index (Phi) is 6.51. The summed E-state index contributed by atoms with van der Waals surface area (Å²) in [7, 11) is 0. The SMILES string of the molecule is CC1OC(OC2C(=O)c3c(O)cc(OO)cc3OC2c2ccc(O)c(O)c2)C(O)C(OO)C1O. The lowest BCUT2D eigenvalue weighted by atomic mass is 9.92. The number of carbonyl (C=O) groups excluding carboxylic acids is 1. The number of hydrogen-bond acceptors (Lipinski definition) is 13. The largest absolute Gasteiger partial charge is 0.507 e. The Hall–Kier alpha value is -3.17. The van der Waals surface area contributed by atoms with E-state index >= 15 is 0 Å². The first-order chi connectivity index (χ1) is 16.2. The second-order valence-corrected chi connectivity index (χ2v) is 7.88. The molecule has 7 unspecified atom stereocenters. The lowest BCUT2D eigenvalue weighted by Gasteiger charge is -2.42. The van der Waals surface area contributed by atoms with Crippen LogP contribution in [-0.4, -0.2) is 78.6 Å². The third-order valence-electron chi connectivity index (χ3n) is 5.71. The number of aliphatic hydroxyl groups is 2. The van der Waals surface area contributed by atoms with Crippen molar-refractivity contribution in [1.82, 2.24) is 0 Å².